The van der Waals surface area contributed by atoms with Crippen molar-refractivity contribution in [3.63, 3.8) is 0 Å². The van der Waals surface area contributed by atoms with Gasteiger partial charge in [-0.3, -0.25) is 19.2 Å². The van der Waals surface area contributed by atoms with Gasteiger partial charge < -0.3 is 27.2 Å². The lowest BCUT2D eigenvalue weighted by Gasteiger charge is -2.21. The Morgan fingerprint density at radius 2 is 1.70 bits per heavy atom. The SMILES string of the molecule is NCCCC[C@H](NC(=O)[C@H](CCC(=O)O)NC(=O)CS)C(N)=O. The van der Waals surface area contributed by atoms with Crippen LogP contribution in [0.2, 0.25) is 0 Å². The average molecular weight is 348 g/mol. The van der Waals surface area contributed by atoms with Gasteiger partial charge in [-0.05, 0) is 32.2 Å². The normalized spacial score (nSPS) is 13.0. The predicted octanol–water partition coefficient (Wildman–Crippen LogP) is -1.64. The standard InChI is InChI=1S/C13H24N4O5S/c14-6-2-1-3-8(12(15)21)17-13(22)9(4-5-11(19)20)16-10(18)7-23/h8-9,23H,1-7,14H2,(H2,15,21)(H,16,18)(H,17,22)(H,19,20)/t8-,9-/m0/s1. The van der Waals surface area contributed by atoms with Crippen molar-refractivity contribution in [2.75, 3.05) is 12.3 Å². The van der Waals surface area contributed by atoms with Crippen molar-refractivity contribution < 1.29 is 24.3 Å². The number of carbonyl (C=O) groups excluding carboxylic acids is 3. The van der Waals surface area contributed by atoms with E-state index in [2.05, 4.69) is 23.3 Å². The van der Waals surface area contributed by atoms with Gasteiger partial charge in [-0.1, -0.05) is 0 Å². The Morgan fingerprint density at radius 3 is 2.17 bits per heavy atom. The fourth-order valence-corrected chi connectivity index (χ4v) is 1.92. The van der Waals surface area contributed by atoms with E-state index in [1.54, 1.807) is 0 Å². The third-order valence-corrected chi connectivity index (χ3v) is 3.34. The summed E-state index contributed by atoms with van der Waals surface area (Å²) in [4.78, 5) is 45.6. The summed E-state index contributed by atoms with van der Waals surface area (Å²) < 4.78 is 0. The van der Waals surface area contributed by atoms with Gasteiger partial charge in [-0.2, -0.15) is 12.6 Å². The molecule has 0 aliphatic heterocycles. The van der Waals surface area contributed by atoms with Crippen LogP contribution in [0.4, 0.5) is 0 Å². The van der Waals surface area contributed by atoms with Crippen LogP contribution in [0.1, 0.15) is 32.1 Å². The van der Waals surface area contributed by atoms with Gasteiger partial charge in [0.05, 0.1) is 5.75 Å². The van der Waals surface area contributed by atoms with Gasteiger partial charge in [-0.25, -0.2) is 0 Å². The maximum atomic E-state index is 12.2. The van der Waals surface area contributed by atoms with Gasteiger partial charge in [-0.15, -0.1) is 0 Å². The maximum absolute atomic E-state index is 12.2. The Balaban J connectivity index is 4.77. The Bertz CT molecular complexity index is 433. The summed E-state index contributed by atoms with van der Waals surface area (Å²) in [5.41, 5.74) is 10.6. The second-order valence-corrected chi connectivity index (χ2v) is 5.27. The highest BCUT2D eigenvalue weighted by Crippen LogP contribution is 2.03. The molecule has 9 nitrogen and oxygen atoms in total. The number of amides is 3. The van der Waals surface area contributed by atoms with Crippen LogP contribution in [0, 0.1) is 0 Å². The number of rotatable bonds is 12. The van der Waals surface area contributed by atoms with E-state index in [0.29, 0.717) is 25.8 Å². The van der Waals surface area contributed by atoms with E-state index in [0.717, 1.165) is 0 Å². The fourth-order valence-electron chi connectivity index (χ4n) is 1.83. The Morgan fingerprint density at radius 1 is 1.04 bits per heavy atom. The first kappa shape index (κ1) is 21.2. The lowest BCUT2D eigenvalue weighted by atomic mass is 10.1. The zero-order chi connectivity index (χ0) is 17.8. The minimum Gasteiger partial charge on any atom is -0.481 e. The van der Waals surface area contributed by atoms with Gasteiger partial charge in [0, 0.05) is 6.42 Å². The topological polar surface area (TPSA) is 165 Å². The van der Waals surface area contributed by atoms with E-state index in [9.17, 15) is 19.2 Å². The van der Waals surface area contributed by atoms with E-state index < -0.39 is 35.8 Å². The second-order valence-electron chi connectivity index (χ2n) is 4.96. The van der Waals surface area contributed by atoms with Crippen molar-refractivity contribution in [2.24, 2.45) is 11.5 Å². The molecule has 0 fully saturated rings. The molecule has 23 heavy (non-hydrogen) atoms. The molecule has 0 unspecified atom stereocenters. The van der Waals surface area contributed by atoms with Gasteiger partial charge in [0.2, 0.25) is 17.7 Å². The summed E-state index contributed by atoms with van der Waals surface area (Å²) in [6.45, 7) is 0.457. The first-order valence-corrected chi connectivity index (χ1v) is 7.86. The molecule has 0 rings (SSSR count). The first-order chi connectivity index (χ1) is 10.8. The zero-order valence-corrected chi connectivity index (χ0v) is 13.7. The molecule has 0 saturated carbocycles. The monoisotopic (exact) mass is 348 g/mol. The van der Waals surface area contributed by atoms with Crippen molar-refractivity contribution in [1.82, 2.24) is 10.6 Å². The van der Waals surface area contributed by atoms with E-state index in [-0.39, 0.29) is 18.6 Å². The smallest absolute Gasteiger partial charge is 0.303 e. The molecule has 0 aliphatic carbocycles. The maximum Gasteiger partial charge on any atom is 0.303 e. The number of nitrogens with one attached hydrogen (secondary N) is 2. The van der Waals surface area contributed by atoms with Crippen molar-refractivity contribution in [2.45, 2.75) is 44.2 Å². The third-order valence-electron chi connectivity index (χ3n) is 3.05. The van der Waals surface area contributed by atoms with Crippen molar-refractivity contribution in [3.05, 3.63) is 0 Å². The van der Waals surface area contributed by atoms with Crippen molar-refractivity contribution in [3.8, 4) is 0 Å². The van der Waals surface area contributed by atoms with Crippen LogP contribution in [0.15, 0.2) is 0 Å². The number of hydrogen-bond acceptors (Lipinski definition) is 6. The number of primary amides is 1. The third kappa shape index (κ3) is 9.74. The Hall–Kier alpha value is -1.81. The molecule has 2 atom stereocenters. The van der Waals surface area contributed by atoms with E-state index in [4.69, 9.17) is 16.6 Å². The largest absolute Gasteiger partial charge is 0.481 e. The van der Waals surface area contributed by atoms with Crippen molar-refractivity contribution in [1.29, 1.82) is 0 Å². The van der Waals surface area contributed by atoms with Crippen molar-refractivity contribution >= 4 is 36.3 Å². The van der Waals surface area contributed by atoms with Gasteiger partial charge in [0.25, 0.3) is 0 Å². The molecule has 3 amide bonds. The molecule has 7 N–H and O–H groups in total. The minimum absolute atomic E-state index is 0.102. The number of unbranched alkanes of at least 4 members (excludes halogenated alkanes) is 1. The van der Waals surface area contributed by atoms with Crippen LogP contribution in [-0.4, -0.2) is 53.2 Å². The lowest BCUT2D eigenvalue weighted by molar-refractivity contribution is -0.138. The molecule has 0 bridgehead atoms. The van der Waals surface area contributed by atoms with Crippen LogP contribution < -0.4 is 22.1 Å². The lowest BCUT2D eigenvalue weighted by Crippen LogP contribution is -2.53. The van der Waals surface area contributed by atoms with E-state index in [1.165, 1.54) is 0 Å². The molecule has 0 spiro atoms. The van der Waals surface area contributed by atoms with Crippen LogP contribution in [0.25, 0.3) is 0 Å². The molecule has 0 saturated heterocycles. The van der Waals surface area contributed by atoms with Gasteiger partial charge in [0.1, 0.15) is 12.1 Å². The first-order valence-electron chi connectivity index (χ1n) is 7.23. The summed E-state index contributed by atoms with van der Waals surface area (Å²) in [5, 5.41) is 13.5. The molecule has 0 aliphatic rings. The number of carboxylic acid groups (broad SMARTS) is 1. The van der Waals surface area contributed by atoms with E-state index in [1.807, 2.05) is 0 Å². The number of thiol groups is 1. The number of carboxylic acids is 1. The number of aliphatic carboxylic acids is 1. The molecule has 0 aromatic rings. The predicted molar refractivity (Wildman–Crippen MR) is 86.7 cm³/mol. The summed E-state index contributed by atoms with van der Waals surface area (Å²) >= 11 is 3.78. The number of hydrogen-bond donors (Lipinski definition) is 6. The Labute approximate surface area is 139 Å². The summed E-state index contributed by atoms with van der Waals surface area (Å²) in [5.74, 6) is -3.12. The molecule has 0 radical (unpaired) electrons. The van der Waals surface area contributed by atoms with Crippen LogP contribution in [-0.2, 0) is 19.2 Å². The summed E-state index contributed by atoms with van der Waals surface area (Å²) in [6.07, 6.45) is 1.20. The van der Waals surface area contributed by atoms with Gasteiger partial charge >= 0.3 is 5.97 Å². The summed E-state index contributed by atoms with van der Waals surface area (Å²) in [6, 6.07) is -1.96. The number of nitrogens with two attached hydrogens (primary N) is 2. The molecule has 0 heterocycles. The van der Waals surface area contributed by atoms with Gasteiger partial charge in [0.15, 0.2) is 0 Å². The summed E-state index contributed by atoms with van der Waals surface area (Å²) in [7, 11) is 0. The highest BCUT2D eigenvalue weighted by molar-refractivity contribution is 7.81. The number of carbonyl (C=O) groups is 4. The van der Waals surface area contributed by atoms with Crippen LogP contribution in [0.5, 0.6) is 0 Å². The fraction of sp³-hybridized carbons (Fsp3) is 0.692. The zero-order valence-electron chi connectivity index (χ0n) is 12.8. The molecule has 0 aromatic heterocycles. The minimum atomic E-state index is -1.10. The molecule has 132 valence electrons. The quantitative estimate of drug-likeness (QED) is 0.183. The van der Waals surface area contributed by atoms with Crippen LogP contribution in [0.3, 0.4) is 0 Å². The average Bonchev–Trinajstić information content (AvgIpc) is 2.49. The molecular formula is C13H24N4O5S. The Kier molecular flexibility index (Phi) is 10.8. The van der Waals surface area contributed by atoms with Crippen LogP contribution >= 0.6 is 12.6 Å². The second kappa shape index (κ2) is 11.7. The molecule has 10 heteroatoms. The highest BCUT2D eigenvalue weighted by Gasteiger charge is 2.25. The highest BCUT2D eigenvalue weighted by atomic mass is 32.1. The van der Waals surface area contributed by atoms with E-state index >= 15 is 0 Å². The molecule has 0 aromatic carbocycles. The molecular weight excluding hydrogens is 324 g/mol.